The number of nitrogens with two attached hydrogens (primary N) is 1. The van der Waals surface area contributed by atoms with Crippen LogP contribution in [0.2, 0.25) is 0 Å². The maximum atomic E-state index is 12.7. The molecule has 0 bridgehead atoms. The first-order chi connectivity index (χ1) is 10.2. The van der Waals surface area contributed by atoms with Crippen LogP contribution in [0.1, 0.15) is 9.67 Å². The van der Waals surface area contributed by atoms with Crippen LogP contribution in [0.3, 0.4) is 0 Å². The lowest BCUT2D eigenvalue weighted by Crippen LogP contribution is -2.29. The first kappa shape index (κ1) is 14.2. The van der Waals surface area contributed by atoms with Crippen LogP contribution in [0, 0.1) is 0 Å². The Bertz CT molecular complexity index is 662. The van der Waals surface area contributed by atoms with Gasteiger partial charge in [0.1, 0.15) is 27.4 Å². The molecule has 1 aliphatic heterocycles. The van der Waals surface area contributed by atoms with Gasteiger partial charge in [-0.1, -0.05) is 0 Å². The van der Waals surface area contributed by atoms with Gasteiger partial charge in [-0.2, -0.15) is 0 Å². The maximum absolute atomic E-state index is 12.7. The van der Waals surface area contributed by atoms with E-state index in [-0.39, 0.29) is 18.1 Å². The third-order valence-corrected chi connectivity index (χ3v) is 4.76. The van der Waals surface area contributed by atoms with E-state index in [4.69, 9.17) is 15.2 Å². The van der Waals surface area contributed by atoms with Crippen molar-refractivity contribution in [3.63, 3.8) is 0 Å². The zero-order valence-corrected chi connectivity index (χ0v) is 12.6. The monoisotopic (exact) mass is 308 g/mol. The highest BCUT2D eigenvalue weighted by molar-refractivity contribution is 7.21. The van der Waals surface area contributed by atoms with Crippen molar-refractivity contribution in [3.8, 4) is 0 Å². The van der Waals surface area contributed by atoms with E-state index in [2.05, 4.69) is 9.97 Å². The largest absolute Gasteiger partial charge is 0.396 e. The number of hydrogen-bond acceptors (Lipinski definition) is 7. The van der Waals surface area contributed by atoms with Gasteiger partial charge in [0.15, 0.2) is 0 Å². The summed E-state index contributed by atoms with van der Waals surface area (Å²) in [5, 5.41) is 0. The lowest BCUT2D eigenvalue weighted by atomic mass is 10.3. The Morgan fingerprint density at radius 1 is 1.29 bits per heavy atom. The van der Waals surface area contributed by atoms with Crippen LogP contribution in [0.5, 0.6) is 0 Å². The molecule has 1 amide bonds. The van der Waals surface area contributed by atoms with E-state index in [1.807, 2.05) is 0 Å². The van der Waals surface area contributed by atoms with Gasteiger partial charge in [-0.15, -0.1) is 11.3 Å². The number of ether oxygens (including phenoxy) is 2. The molecular weight excluding hydrogens is 292 g/mol. The van der Waals surface area contributed by atoms with Crippen LogP contribution in [0.4, 0.5) is 5.69 Å². The second-order valence-corrected chi connectivity index (χ2v) is 5.81. The summed E-state index contributed by atoms with van der Waals surface area (Å²) in [6.45, 7) is 0.977. The quantitative estimate of drug-likeness (QED) is 0.900. The Morgan fingerprint density at radius 2 is 1.90 bits per heavy atom. The van der Waals surface area contributed by atoms with Gasteiger partial charge in [-0.05, 0) is 0 Å². The van der Waals surface area contributed by atoms with Gasteiger partial charge in [-0.3, -0.25) is 4.79 Å². The molecule has 2 N–H and O–H groups in total. The average molecular weight is 308 g/mol. The van der Waals surface area contributed by atoms with E-state index in [9.17, 15) is 4.79 Å². The van der Waals surface area contributed by atoms with E-state index in [1.165, 1.54) is 11.3 Å². The summed E-state index contributed by atoms with van der Waals surface area (Å²) in [6, 6.07) is 0. The highest BCUT2D eigenvalue weighted by Gasteiger charge is 2.37. The van der Waals surface area contributed by atoms with Gasteiger partial charge in [0.25, 0.3) is 5.91 Å². The fourth-order valence-electron chi connectivity index (χ4n) is 2.51. The van der Waals surface area contributed by atoms with Crippen molar-refractivity contribution in [1.29, 1.82) is 0 Å². The Morgan fingerprint density at radius 3 is 2.48 bits per heavy atom. The maximum Gasteiger partial charge on any atom is 0.266 e. The van der Waals surface area contributed by atoms with Crippen molar-refractivity contribution in [1.82, 2.24) is 14.9 Å². The fourth-order valence-corrected chi connectivity index (χ4v) is 3.50. The smallest absolute Gasteiger partial charge is 0.266 e. The van der Waals surface area contributed by atoms with Crippen molar-refractivity contribution < 1.29 is 14.3 Å². The summed E-state index contributed by atoms with van der Waals surface area (Å²) in [7, 11) is 3.23. The minimum atomic E-state index is -0.126. The fraction of sp³-hybridized carbons (Fsp3) is 0.462. The summed E-state index contributed by atoms with van der Waals surface area (Å²) in [5.74, 6) is -0.126. The third-order valence-electron chi connectivity index (χ3n) is 3.67. The molecule has 8 heteroatoms. The first-order valence-electron chi connectivity index (χ1n) is 6.49. The number of fused-ring (bicyclic) bond motifs is 1. The lowest BCUT2D eigenvalue weighted by molar-refractivity contribution is -0.00461. The molecule has 2 unspecified atom stereocenters. The summed E-state index contributed by atoms with van der Waals surface area (Å²) in [6.07, 6.45) is 2.92. The van der Waals surface area contributed by atoms with Gasteiger partial charge in [0, 0.05) is 39.7 Å². The highest BCUT2D eigenvalue weighted by atomic mass is 32.1. The number of amides is 1. The number of carbonyl (C=O) groups excluding carboxylic acids is 1. The molecule has 1 saturated heterocycles. The molecule has 1 fully saturated rings. The second-order valence-electron chi connectivity index (χ2n) is 4.81. The molecular formula is C13H16N4O3S. The summed E-state index contributed by atoms with van der Waals surface area (Å²) >= 11 is 1.27. The number of aromatic nitrogens is 2. The minimum Gasteiger partial charge on any atom is -0.396 e. The van der Waals surface area contributed by atoms with Gasteiger partial charge in [0.05, 0.1) is 5.69 Å². The Labute approximate surface area is 125 Å². The molecule has 2 atom stereocenters. The predicted octanol–water partition coefficient (Wildman–Crippen LogP) is 0.759. The van der Waals surface area contributed by atoms with E-state index in [1.54, 1.807) is 31.5 Å². The van der Waals surface area contributed by atoms with Crippen LogP contribution in [-0.2, 0) is 9.47 Å². The van der Waals surface area contributed by atoms with Gasteiger partial charge < -0.3 is 20.1 Å². The topological polar surface area (TPSA) is 90.6 Å². The van der Waals surface area contributed by atoms with Crippen molar-refractivity contribution in [2.45, 2.75) is 12.2 Å². The lowest BCUT2D eigenvalue weighted by Gasteiger charge is -2.14. The Balaban J connectivity index is 1.89. The molecule has 0 spiro atoms. The number of methoxy groups -OCH3 is 2. The zero-order valence-electron chi connectivity index (χ0n) is 11.8. The molecule has 2 aromatic heterocycles. The molecule has 21 heavy (non-hydrogen) atoms. The van der Waals surface area contributed by atoms with Crippen molar-refractivity contribution in [2.24, 2.45) is 0 Å². The molecule has 2 aromatic rings. The van der Waals surface area contributed by atoms with Crippen molar-refractivity contribution >= 4 is 33.3 Å². The molecule has 0 aliphatic carbocycles. The standard InChI is InChI=1S/C13H16N4O3S/c1-19-7-5-17(6-8(7)20-2)13(18)11-9(14)10-12(21-11)16-4-3-15-10/h3-4,7-8H,5-6,14H2,1-2H3. The van der Waals surface area contributed by atoms with Gasteiger partial charge in [0.2, 0.25) is 0 Å². The number of nitrogen functional groups attached to an aromatic ring is 1. The molecule has 7 nitrogen and oxygen atoms in total. The van der Waals surface area contributed by atoms with Crippen molar-refractivity contribution in [3.05, 3.63) is 17.3 Å². The number of anilines is 1. The SMILES string of the molecule is COC1CN(C(=O)c2sc3nccnc3c2N)CC1OC. The van der Waals surface area contributed by atoms with Crippen LogP contribution < -0.4 is 5.73 Å². The molecule has 0 saturated carbocycles. The molecule has 3 rings (SSSR count). The minimum absolute atomic E-state index is 0.120. The number of hydrogen-bond donors (Lipinski definition) is 1. The number of rotatable bonds is 3. The molecule has 112 valence electrons. The number of thiophene rings is 1. The zero-order chi connectivity index (χ0) is 15.0. The van der Waals surface area contributed by atoms with E-state index in [0.29, 0.717) is 34.0 Å². The number of nitrogens with zero attached hydrogens (tertiary/aromatic N) is 3. The summed E-state index contributed by atoms with van der Waals surface area (Å²) in [4.78, 5) is 23.9. The van der Waals surface area contributed by atoms with Crippen LogP contribution in [0.15, 0.2) is 12.4 Å². The highest BCUT2D eigenvalue weighted by Crippen LogP contribution is 2.32. The molecule has 0 radical (unpaired) electrons. The Hall–Kier alpha value is -1.77. The predicted molar refractivity (Wildman–Crippen MR) is 79.3 cm³/mol. The third kappa shape index (κ3) is 2.35. The molecule has 0 aromatic carbocycles. The van der Waals surface area contributed by atoms with Crippen molar-refractivity contribution in [2.75, 3.05) is 33.0 Å². The average Bonchev–Trinajstić information content (AvgIpc) is 3.08. The molecule has 3 heterocycles. The van der Waals surface area contributed by atoms with Crippen LogP contribution in [0.25, 0.3) is 10.3 Å². The van der Waals surface area contributed by atoms with Crippen LogP contribution in [-0.4, -0.2) is 60.3 Å². The van der Waals surface area contributed by atoms with E-state index < -0.39 is 0 Å². The first-order valence-corrected chi connectivity index (χ1v) is 7.31. The van der Waals surface area contributed by atoms with Crippen LogP contribution >= 0.6 is 11.3 Å². The summed E-state index contributed by atoms with van der Waals surface area (Å²) in [5.41, 5.74) is 7.01. The normalized spacial score (nSPS) is 22.1. The summed E-state index contributed by atoms with van der Waals surface area (Å²) < 4.78 is 10.7. The Kier molecular flexibility index (Phi) is 3.75. The number of carbonyl (C=O) groups is 1. The second kappa shape index (κ2) is 5.55. The molecule has 1 aliphatic rings. The van der Waals surface area contributed by atoms with Gasteiger partial charge >= 0.3 is 0 Å². The van der Waals surface area contributed by atoms with E-state index in [0.717, 1.165) is 0 Å². The number of likely N-dealkylation sites (tertiary alicyclic amines) is 1. The van der Waals surface area contributed by atoms with E-state index >= 15 is 0 Å². The van der Waals surface area contributed by atoms with Gasteiger partial charge in [-0.25, -0.2) is 9.97 Å².